The average Bonchev–Trinajstić information content (AvgIpc) is 2.71. The highest BCUT2D eigenvalue weighted by molar-refractivity contribution is 6.35. The molecule has 2 N–H and O–H groups in total. The highest BCUT2D eigenvalue weighted by Crippen LogP contribution is 2.28. The molecule has 3 atom stereocenters. The summed E-state index contributed by atoms with van der Waals surface area (Å²) in [5.41, 5.74) is 2.28. The molecular weight excluding hydrogens is 338 g/mol. The molecule has 0 aromatic heterocycles. The van der Waals surface area contributed by atoms with E-state index in [-0.39, 0.29) is 18.1 Å². The number of benzene rings is 2. The molecule has 140 valence electrons. The fraction of sp³-hybridized carbons (Fsp3) is 0.364. The summed E-state index contributed by atoms with van der Waals surface area (Å²) in [7, 11) is 0. The Morgan fingerprint density at radius 2 is 1.59 bits per heavy atom. The lowest BCUT2D eigenvalue weighted by Gasteiger charge is -2.47. The van der Waals surface area contributed by atoms with Gasteiger partial charge < -0.3 is 15.5 Å². The van der Waals surface area contributed by atoms with Crippen LogP contribution < -0.4 is 10.6 Å². The maximum atomic E-state index is 12.6. The van der Waals surface area contributed by atoms with Crippen LogP contribution in [0.4, 0.5) is 0 Å². The summed E-state index contributed by atoms with van der Waals surface area (Å²) in [5, 5.41) is 6.58. The molecule has 27 heavy (non-hydrogen) atoms. The Balaban J connectivity index is 1.50. The summed E-state index contributed by atoms with van der Waals surface area (Å²) in [4.78, 5) is 26.7. The molecule has 1 saturated carbocycles. The van der Waals surface area contributed by atoms with E-state index in [1.165, 1.54) is 5.56 Å². The first-order valence-corrected chi connectivity index (χ1v) is 9.65. The van der Waals surface area contributed by atoms with E-state index < -0.39 is 11.8 Å². The largest absolute Gasteiger partial charge is 0.341 e. The predicted molar refractivity (Wildman–Crippen MR) is 104 cm³/mol. The molecule has 1 aliphatic heterocycles. The summed E-state index contributed by atoms with van der Waals surface area (Å²) in [6.07, 6.45) is 2.97. The van der Waals surface area contributed by atoms with Gasteiger partial charge in [-0.3, -0.25) is 9.59 Å². The van der Waals surface area contributed by atoms with Crippen molar-refractivity contribution in [3.63, 3.8) is 0 Å². The lowest BCUT2D eigenvalue weighted by molar-refractivity contribution is -0.154. The van der Waals surface area contributed by atoms with E-state index in [2.05, 4.69) is 22.8 Å². The Morgan fingerprint density at radius 1 is 0.926 bits per heavy atom. The van der Waals surface area contributed by atoms with Crippen LogP contribution in [0.25, 0.3) is 0 Å². The summed E-state index contributed by atoms with van der Waals surface area (Å²) >= 11 is 0. The normalized spacial score (nSPS) is 25.0. The number of hydrogen-bond acceptors (Lipinski definition) is 3. The molecule has 2 fully saturated rings. The molecule has 1 saturated heterocycles. The van der Waals surface area contributed by atoms with Gasteiger partial charge in [-0.1, -0.05) is 60.7 Å². The zero-order valence-corrected chi connectivity index (χ0v) is 15.3. The van der Waals surface area contributed by atoms with Crippen LogP contribution in [0.1, 0.15) is 30.4 Å². The minimum Gasteiger partial charge on any atom is -0.341 e. The van der Waals surface area contributed by atoms with Gasteiger partial charge in [-0.15, -0.1) is 0 Å². The van der Waals surface area contributed by atoms with E-state index in [4.69, 9.17) is 0 Å². The van der Waals surface area contributed by atoms with Gasteiger partial charge in [0.1, 0.15) is 0 Å². The van der Waals surface area contributed by atoms with Crippen molar-refractivity contribution >= 4 is 11.8 Å². The Bertz CT molecular complexity index is 794. The summed E-state index contributed by atoms with van der Waals surface area (Å²) in [6, 6.07) is 20.3. The SMILES string of the molecule is O=C1N[C@H]2[C@@H](NCc3ccccc3)CCC[C@@H]2N(Cc2ccccc2)C1=O. The standard InChI is InChI=1S/C22H25N3O2/c26-21-22(27)25(15-17-10-5-2-6-11-17)19-13-7-12-18(20(19)24-21)23-14-16-8-3-1-4-9-16/h1-6,8-11,18-20,23H,7,12-15H2,(H,24,26)/t18-,19-,20-/m0/s1. The number of nitrogens with zero attached hydrogens (tertiary/aromatic N) is 1. The van der Waals surface area contributed by atoms with E-state index in [1.807, 2.05) is 48.5 Å². The molecule has 2 aromatic carbocycles. The maximum Gasteiger partial charge on any atom is 0.312 e. The maximum absolute atomic E-state index is 12.6. The molecule has 2 amide bonds. The van der Waals surface area contributed by atoms with Crippen LogP contribution in [0, 0.1) is 0 Å². The Kier molecular flexibility index (Phi) is 5.21. The molecule has 1 aliphatic carbocycles. The number of hydrogen-bond donors (Lipinski definition) is 2. The third kappa shape index (κ3) is 3.88. The Hall–Kier alpha value is -2.66. The van der Waals surface area contributed by atoms with Gasteiger partial charge in [-0.2, -0.15) is 0 Å². The molecule has 0 bridgehead atoms. The molecule has 1 heterocycles. The van der Waals surface area contributed by atoms with Crippen LogP contribution in [-0.2, 0) is 22.7 Å². The van der Waals surface area contributed by atoms with Crippen LogP contribution in [-0.4, -0.2) is 34.8 Å². The van der Waals surface area contributed by atoms with Crippen LogP contribution >= 0.6 is 0 Å². The van der Waals surface area contributed by atoms with Crippen molar-refractivity contribution in [2.45, 2.75) is 50.5 Å². The van der Waals surface area contributed by atoms with Gasteiger partial charge in [0.05, 0.1) is 12.1 Å². The van der Waals surface area contributed by atoms with E-state index in [0.717, 1.165) is 31.4 Å². The zero-order chi connectivity index (χ0) is 18.6. The van der Waals surface area contributed by atoms with Crippen LogP contribution in [0.5, 0.6) is 0 Å². The van der Waals surface area contributed by atoms with Gasteiger partial charge in [0, 0.05) is 19.1 Å². The number of piperazine rings is 1. The molecule has 5 heteroatoms. The van der Waals surface area contributed by atoms with Gasteiger partial charge in [0.15, 0.2) is 0 Å². The molecule has 4 rings (SSSR count). The second kappa shape index (κ2) is 7.92. The van der Waals surface area contributed by atoms with Crippen molar-refractivity contribution in [1.29, 1.82) is 0 Å². The highest BCUT2D eigenvalue weighted by Gasteiger charge is 2.45. The van der Waals surface area contributed by atoms with Gasteiger partial charge in [0.25, 0.3) is 0 Å². The van der Waals surface area contributed by atoms with Crippen molar-refractivity contribution < 1.29 is 9.59 Å². The average molecular weight is 363 g/mol. The van der Waals surface area contributed by atoms with Gasteiger partial charge in [0.2, 0.25) is 0 Å². The summed E-state index contributed by atoms with van der Waals surface area (Å²) in [6.45, 7) is 1.25. The van der Waals surface area contributed by atoms with Crippen LogP contribution in [0.2, 0.25) is 0 Å². The van der Waals surface area contributed by atoms with Crippen molar-refractivity contribution in [2.75, 3.05) is 0 Å². The van der Waals surface area contributed by atoms with Crippen LogP contribution in [0.3, 0.4) is 0 Å². The third-order valence-electron chi connectivity index (χ3n) is 5.62. The fourth-order valence-electron chi connectivity index (χ4n) is 4.26. The Labute approximate surface area is 159 Å². The lowest BCUT2D eigenvalue weighted by atomic mass is 9.83. The molecule has 0 unspecified atom stereocenters. The second-order valence-corrected chi connectivity index (χ2v) is 7.39. The fourth-order valence-corrected chi connectivity index (χ4v) is 4.26. The van der Waals surface area contributed by atoms with E-state index in [9.17, 15) is 9.59 Å². The molecule has 5 nitrogen and oxygen atoms in total. The molecule has 2 aliphatic rings. The van der Waals surface area contributed by atoms with E-state index in [0.29, 0.717) is 6.54 Å². The smallest absolute Gasteiger partial charge is 0.312 e. The first kappa shape index (κ1) is 17.7. The summed E-state index contributed by atoms with van der Waals surface area (Å²) in [5.74, 6) is -0.899. The zero-order valence-electron chi connectivity index (χ0n) is 15.3. The number of carbonyl (C=O) groups is 2. The quantitative estimate of drug-likeness (QED) is 0.801. The number of rotatable bonds is 5. The molecule has 2 aromatic rings. The molecular formula is C22H25N3O2. The van der Waals surface area contributed by atoms with Crippen molar-refractivity contribution in [1.82, 2.24) is 15.5 Å². The topological polar surface area (TPSA) is 61.4 Å². The van der Waals surface area contributed by atoms with Gasteiger partial charge >= 0.3 is 11.8 Å². The minimum atomic E-state index is -0.486. The van der Waals surface area contributed by atoms with E-state index >= 15 is 0 Å². The van der Waals surface area contributed by atoms with Crippen LogP contribution in [0.15, 0.2) is 60.7 Å². The van der Waals surface area contributed by atoms with Crippen molar-refractivity contribution in [3.05, 3.63) is 71.8 Å². The Morgan fingerprint density at radius 3 is 2.30 bits per heavy atom. The van der Waals surface area contributed by atoms with Gasteiger partial charge in [-0.05, 0) is 30.4 Å². The highest BCUT2D eigenvalue weighted by atomic mass is 16.2. The number of nitrogens with one attached hydrogen (secondary N) is 2. The number of carbonyl (C=O) groups excluding carboxylic acids is 2. The van der Waals surface area contributed by atoms with Crippen molar-refractivity contribution in [2.24, 2.45) is 0 Å². The van der Waals surface area contributed by atoms with Gasteiger partial charge in [-0.25, -0.2) is 0 Å². The number of fused-ring (bicyclic) bond motifs is 1. The third-order valence-corrected chi connectivity index (χ3v) is 5.62. The molecule has 0 radical (unpaired) electrons. The second-order valence-electron chi connectivity index (χ2n) is 7.39. The lowest BCUT2D eigenvalue weighted by Crippen LogP contribution is -2.69. The molecule has 0 spiro atoms. The monoisotopic (exact) mass is 363 g/mol. The van der Waals surface area contributed by atoms with E-state index in [1.54, 1.807) is 4.90 Å². The number of amides is 2. The van der Waals surface area contributed by atoms with Crippen molar-refractivity contribution in [3.8, 4) is 0 Å². The minimum absolute atomic E-state index is 0.0393. The predicted octanol–water partition coefficient (Wildman–Crippen LogP) is 2.22. The first-order valence-electron chi connectivity index (χ1n) is 9.65. The summed E-state index contributed by atoms with van der Waals surface area (Å²) < 4.78 is 0. The first-order chi connectivity index (χ1) is 13.2.